The number of hydrogen-bond acceptors (Lipinski definition) is 4. The highest BCUT2D eigenvalue weighted by molar-refractivity contribution is 7.91. The number of alkyl halides is 6. The summed E-state index contributed by atoms with van der Waals surface area (Å²) in [5, 5.41) is 0. The molecule has 0 N–H and O–H groups in total. The lowest BCUT2D eigenvalue weighted by Gasteiger charge is -2.27. The normalized spacial score (nSPS) is 20.6. The van der Waals surface area contributed by atoms with E-state index < -0.39 is 57.1 Å². The zero-order valence-electron chi connectivity index (χ0n) is 14.8. The van der Waals surface area contributed by atoms with Crippen LogP contribution >= 0.6 is 0 Å². The fraction of sp³-hybridized carbons (Fsp3) is 0.562. The lowest BCUT2D eigenvalue weighted by Crippen LogP contribution is -2.44. The third kappa shape index (κ3) is 5.30. The van der Waals surface area contributed by atoms with Gasteiger partial charge in [-0.05, 0) is 31.5 Å². The smallest absolute Gasteiger partial charge is 0.416 e. The lowest BCUT2D eigenvalue weighted by molar-refractivity contribution is -0.143. The number of halogens is 6. The van der Waals surface area contributed by atoms with Crippen LogP contribution in [0.1, 0.15) is 24.5 Å². The molecule has 0 aromatic heterocycles. The standard InChI is InChI=1S/C16H17F6NO4S/c1-9(14(24)23(2)12-3-4-28(25,26)8-12)27-13-6-10(15(17,18)19)5-11(7-13)16(20,21)22/h5-7,9,12H,3-4,8H2,1-2H3. The number of ether oxygens (including phenoxy) is 1. The van der Waals surface area contributed by atoms with E-state index in [1.807, 2.05) is 0 Å². The fourth-order valence-electron chi connectivity index (χ4n) is 2.80. The summed E-state index contributed by atoms with van der Waals surface area (Å²) in [6.07, 6.45) is -11.3. The van der Waals surface area contributed by atoms with Crippen molar-refractivity contribution in [2.45, 2.75) is 37.8 Å². The van der Waals surface area contributed by atoms with Gasteiger partial charge < -0.3 is 9.64 Å². The second kappa shape index (κ2) is 7.45. The van der Waals surface area contributed by atoms with Crippen molar-refractivity contribution in [3.05, 3.63) is 29.3 Å². The quantitative estimate of drug-likeness (QED) is 0.685. The molecule has 1 saturated heterocycles. The van der Waals surface area contributed by atoms with Crippen LogP contribution in [0, 0.1) is 0 Å². The summed E-state index contributed by atoms with van der Waals surface area (Å²) in [5.41, 5.74) is -3.13. The summed E-state index contributed by atoms with van der Waals surface area (Å²) in [4.78, 5) is 13.5. The Hall–Kier alpha value is -1.98. The molecule has 1 amide bonds. The van der Waals surface area contributed by atoms with Crippen LogP contribution in [-0.4, -0.2) is 49.9 Å². The van der Waals surface area contributed by atoms with Crippen molar-refractivity contribution in [1.29, 1.82) is 0 Å². The van der Waals surface area contributed by atoms with Crippen LogP contribution in [-0.2, 0) is 27.0 Å². The van der Waals surface area contributed by atoms with Gasteiger partial charge in [0.15, 0.2) is 15.9 Å². The van der Waals surface area contributed by atoms with E-state index in [4.69, 9.17) is 4.74 Å². The van der Waals surface area contributed by atoms with Crippen molar-refractivity contribution in [3.8, 4) is 5.75 Å². The number of hydrogen-bond donors (Lipinski definition) is 0. The molecular weight excluding hydrogens is 416 g/mol. The van der Waals surface area contributed by atoms with Gasteiger partial charge in [0.1, 0.15) is 5.75 Å². The molecule has 28 heavy (non-hydrogen) atoms. The highest BCUT2D eigenvalue weighted by Gasteiger charge is 2.38. The highest BCUT2D eigenvalue weighted by atomic mass is 32.2. The molecule has 0 saturated carbocycles. The molecule has 2 rings (SSSR count). The predicted molar refractivity (Wildman–Crippen MR) is 86.4 cm³/mol. The van der Waals surface area contributed by atoms with Crippen molar-refractivity contribution in [2.24, 2.45) is 0 Å². The van der Waals surface area contributed by atoms with Crippen LogP contribution in [0.5, 0.6) is 5.75 Å². The molecule has 0 aliphatic carbocycles. The molecule has 1 aliphatic heterocycles. The number of rotatable bonds is 4. The van der Waals surface area contributed by atoms with Crippen molar-refractivity contribution < 1.29 is 44.3 Å². The summed E-state index contributed by atoms with van der Waals surface area (Å²) in [6.45, 7) is 1.16. The maximum absolute atomic E-state index is 12.9. The highest BCUT2D eigenvalue weighted by Crippen LogP contribution is 2.38. The van der Waals surface area contributed by atoms with E-state index >= 15 is 0 Å². The van der Waals surface area contributed by atoms with Crippen LogP contribution in [0.3, 0.4) is 0 Å². The fourth-order valence-corrected chi connectivity index (χ4v) is 4.57. The van der Waals surface area contributed by atoms with E-state index in [0.29, 0.717) is 12.1 Å². The van der Waals surface area contributed by atoms with Gasteiger partial charge in [-0.1, -0.05) is 0 Å². The monoisotopic (exact) mass is 433 g/mol. The number of benzene rings is 1. The average Bonchev–Trinajstić information content (AvgIpc) is 2.91. The van der Waals surface area contributed by atoms with E-state index in [2.05, 4.69) is 0 Å². The topological polar surface area (TPSA) is 63.7 Å². The van der Waals surface area contributed by atoms with Gasteiger partial charge in [0.2, 0.25) is 0 Å². The first-order valence-electron chi connectivity index (χ1n) is 8.03. The molecule has 1 fully saturated rings. The summed E-state index contributed by atoms with van der Waals surface area (Å²) < 4.78 is 105. The first-order chi connectivity index (χ1) is 12.6. The van der Waals surface area contributed by atoms with E-state index in [0.717, 1.165) is 11.8 Å². The average molecular weight is 433 g/mol. The van der Waals surface area contributed by atoms with Gasteiger partial charge in [0, 0.05) is 13.1 Å². The molecule has 1 aromatic rings. The molecule has 2 unspecified atom stereocenters. The van der Waals surface area contributed by atoms with E-state index in [1.54, 1.807) is 0 Å². The maximum atomic E-state index is 12.9. The number of sulfone groups is 1. The first-order valence-corrected chi connectivity index (χ1v) is 9.85. The minimum Gasteiger partial charge on any atom is -0.481 e. The van der Waals surface area contributed by atoms with Crippen molar-refractivity contribution in [2.75, 3.05) is 18.6 Å². The molecule has 12 heteroatoms. The molecule has 1 heterocycles. The number of carbonyl (C=O) groups excluding carboxylic acids is 1. The number of carbonyl (C=O) groups is 1. The number of likely N-dealkylation sites (N-methyl/N-ethyl adjacent to an activating group) is 1. The number of nitrogens with zero attached hydrogens (tertiary/aromatic N) is 1. The molecular formula is C16H17F6NO4S. The molecule has 5 nitrogen and oxygen atoms in total. The van der Waals surface area contributed by atoms with Gasteiger partial charge in [-0.3, -0.25) is 4.79 Å². The predicted octanol–water partition coefficient (Wildman–Crippen LogP) is 3.14. The zero-order valence-corrected chi connectivity index (χ0v) is 15.6. The molecule has 0 bridgehead atoms. The van der Waals surface area contributed by atoms with Crippen molar-refractivity contribution in [3.63, 3.8) is 0 Å². The van der Waals surface area contributed by atoms with Crippen LogP contribution in [0.15, 0.2) is 18.2 Å². The van der Waals surface area contributed by atoms with Gasteiger partial charge in [0.25, 0.3) is 5.91 Å². The zero-order chi connectivity index (χ0) is 21.5. The first kappa shape index (κ1) is 22.3. The minimum atomic E-state index is -5.04. The molecule has 1 aromatic carbocycles. The Morgan fingerprint density at radius 1 is 1.11 bits per heavy atom. The van der Waals surface area contributed by atoms with E-state index in [9.17, 15) is 39.6 Å². The third-order valence-electron chi connectivity index (χ3n) is 4.33. The Morgan fingerprint density at radius 3 is 2.00 bits per heavy atom. The number of amides is 1. The van der Waals surface area contributed by atoms with E-state index in [-0.39, 0.29) is 24.0 Å². The molecule has 2 atom stereocenters. The molecule has 158 valence electrons. The molecule has 0 spiro atoms. The third-order valence-corrected chi connectivity index (χ3v) is 6.08. The molecule has 0 radical (unpaired) electrons. The van der Waals surface area contributed by atoms with Crippen LogP contribution in [0.2, 0.25) is 0 Å². The Labute approximate surface area is 157 Å². The Bertz CT molecular complexity index is 817. The Morgan fingerprint density at radius 2 is 1.61 bits per heavy atom. The van der Waals surface area contributed by atoms with Crippen molar-refractivity contribution >= 4 is 15.7 Å². The second-order valence-corrected chi connectivity index (χ2v) is 8.74. The largest absolute Gasteiger partial charge is 0.481 e. The van der Waals surface area contributed by atoms with Crippen LogP contribution < -0.4 is 4.74 Å². The summed E-state index contributed by atoms with van der Waals surface area (Å²) in [7, 11) is -1.98. The van der Waals surface area contributed by atoms with Gasteiger partial charge >= 0.3 is 12.4 Å². The SMILES string of the molecule is CC(Oc1cc(C(F)(F)F)cc(C(F)(F)F)c1)C(=O)N(C)C1CCS(=O)(=O)C1. The maximum Gasteiger partial charge on any atom is 0.416 e. The molecule has 1 aliphatic rings. The Kier molecular flexibility index (Phi) is 5.94. The second-order valence-electron chi connectivity index (χ2n) is 6.51. The Balaban J connectivity index is 2.22. The summed E-state index contributed by atoms with van der Waals surface area (Å²) in [6, 6.07) is 0.0725. The van der Waals surface area contributed by atoms with Gasteiger partial charge in [-0.15, -0.1) is 0 Å². The van der Waals surface area contributed by atoms with Crippen LogP contribution in [0.25, 0.3) is 0 Å². The van der Waals surface area contributed by atoms with Gasteiger partial charge in [-0.2, -0.15) is 26.3 Å². The summed E-state index contributed by atoms with van der Waals surface area (Å²) in [5.74, 6) is -1.89. The van der Waals surface area contributed by atoms with Gasteiger partial charge in [0.05, 0.1) is 22.6 Å². The van der Waals surface area contributed by atoms with Crippen molar-refractivity contribution in [1.82, 2.24) is 4.90 Å². The van der Waals surface area contributed by atoms with Gasteiger partial charge in [-0.25, -0.2) is 8.42 Å². The van der Waals surface area contributed by atoms with E-state index in [1.165, 1.54) is 7.05 Å². The van der Waals surface area contributed by atoms with Crippen LogP contribution in [0.4, 0.5) is 26.3 Å². The lowest BCUT2D eigenvalue weighted by atomic mass is 10.1. The summed E-state index contributed by atoms with van der Waals surface area (Å²) >= 11 is 0. The minimum absolute atomic E-state index is 0.0468.